The average molecular weight is 613 g/mol. The van der Waals surface area contributed by atoms with Gasteiger partial charge in [0.05, 0.1) is 29.8 Å². The average Bonchev–Trinajstić information content (AvgIpc) is 3.03. The number of carbonyl (C=O) groups is 1. The molecule has 0 fully saturated rings. The summed E-state index contributed by atoms with van der Waals surface area (Å²) in [5.74, 6) is 0.185. The third-order valence-corrected chi connectivity index (χ3v) is 6.67. The van der Waals surface area contributed by atoms with E-state index < -0.39 is 17.3 Å². The van der Waals surface area contributed by atoms with E-state index in [0.29, 0.717) is 40.3 Å². The highest BCUT2D eigenvalue weighted by Gasteiger charge is 2.31. The molecule has 0 spiro atoms. The van der Waals surface area contributed by atoms with Crippen LogP contribution in [0.1, 0.15) is 16.7 Å². The van der Waals surface area contributed by atoms with E-state index in [1.165, 1.54) is 25.5 Å². The third-order valence-electron chi connectivity index (χ3n) is 6.67. The number of ether oxygens (including phenoxy) is 2. The molecule has 1 amide bonds. The van der Waals surface area contributed by atoms with Crippen LogP contribution in [-0.2, 0) is 17.4 Å². The topological polar surface area (TPSA) is 94.8 Å². The predicted octanol–water partition coefficient (Wildman–Crippen LogP) is 6.72. The van der Waals surface area contributed by atoms with Crippen molar-refractivity contribution in [3.05, 3.63) is 131 Å². The molecule has 1 heterocycles. The van der Waals surface area contributed by atoms with Gasteiger partial charge in [-0.1, -0.05) is 48.5 Å². The maximum Gasteiger partial charge on any atom is 0.416 e. The first-order valence-electron chi connectivity index (χ1n) is 13.7. The van der Waals surface area contributed by atoms with E-state index in [4.69, 9.17) is 9.47 Å². The molecule has 1 N–H and O–H groups in total. The number of fused-ring (bicyclic) bond motifs is 1. The number of aromatic nitrogens is 2. The molecule has 0 atom stereocenters. The van der Waals surface area contributed by atoms with Crippen molar-refractivity contribution in [2.24, 2.45) is 5.10 Å². The number of benzene rings is 4. The first kappa shape index (κ1) is 30.7. The Kier molecular flexibility index (Phi) is 9.08. The van der Waals surface area contributed by atoms with Gasteiger partial charge in [-0.3, -0.25) is 9.59 Å². The lowest BCUT2D eigenvalue weighted by molar-refractivity contribution is -0.137. The van der Waals surface area contributed by atoms with Gasteiger partial charge in [-0.2, -0.15) is 22.9 Å². The molecule has 228 valence electrons. The van der Waals surface area contributed by atoms with Gasteiger partial charge in [-0.25, -0.2) is 4.98 Å². The zero-order valence-electron chi connectivity index (χ0n) is 24.0. The standard InChI is InChI=1S/C34H27F3N4O4/c1-3-10-23-17-22(18-29(44-2)31(23)45-21-30(42)39-26-13-5-4-6-14-26)20-38-41-32(24-11-9-12-25(19-24)34(35,36)37)40-28-16-8-7-15-27(28)33(41)43/h3-9,11-20H,1,10,21H2,2H3,(H,39,42). The van der Waals surface area contributed by atoms with Crippen molar-refractivity contribution in [3.8, 4) is 22.9 Å². The molecule has 0 aliphatic carbocycles. The Balaban J connectivity index is 1.52. The molecule has 4 aromatic carbocycles. The second kappa shape index (κ2) is 13.3. The van der Waals surface area contributed by atoms with Crippen molar-refractivity contribution in [2.75, 3.05) is 19.0 Å². The number of alkyl halides is 3. The smallest absolute Gasteiger partial charge is 0.416 e. The van der Waals surface area contributed by atoms with Gasteiger partial charge in [0.2, 0.25) is 0 Å². The van der Waals surface area contributed by atoms with E-state index in [1.807, 2.05) is 6.07 Å². The van der Waals surface area contributed by atoms with E-state index in [9.17, 15) is 22.8 Å². The van der Waals surface area contributed by atoms with Crippen LogP contribution in [-0.4, -0.2) is 35.5 Å². The number of halogens is 3. The number of hydrogen-bond acceptors (Lipinski definition) is 6. The van der Waals surface area contributed by atoms with Gasteiger partial charge in [0.25, 0.3) is 11.5 Å². The molecular weight excluding hydrogens is 585 g/mol. The van der Waals surface area contributed by atoms with Crippen molar-refractivity contribution < 1.29 is 27.4 Å². The fourth-order valence-electron chi connectivity index (χ4n) is 4.61. The van der Waals surface area contributed by atoms with Gasteiger partial charge in [-0.05, 0) is 60.5 Å². The zero-order chi connectivity index (χ0) is 32.0. The summed E-state index contributed by atoms with van der Waals surface area (Å²) in [4.78, 5) is 30.5. The monoisotopic (exact) mass is 612 g/mol. The molecule has 0 aliphatic rings. The molecule has 5 rings (SSSR count). The van der Waals surface area contributed by atoms with E-state index in [-0.39, 0.29) is 29.3 Å². The summed E-state index contributed by atoms with van der Waals surface area (Å²) in [6.45, 7) is 3.50. The van der Waals surface area contributed by atoms with Crippen LogP contribution in [0.2, 0.25) is 0 Å². The van der Waals surface area contributed by atoms with Gasteiger partial charge in [0.15, 0.2) is 23.9 Å². The summed E-state index contributed by atoms with van der Waals surface area (Å²) in [5.41, 5.74) is 0.664. The van der Waals surface area contributed by atoms with Gasteiger partial charge < -0.3 is 14.8 Å². The molecule has 0 unspecified atom stereocenters. The molecule has 11 heteroatoms. The molecule has 8 nitrogen and oxygen atoms in total. The third kappa shape index (κ3) is 7.10. The van der Waals surface area contributed by atoms with Crippen molar-refractivity contribution in [1.82, 2.24) is 9.66 Å². The Morgan fingerprint density at radius 1 is 1.02 bits per heavy atom. The largest absolute Gasteiger partial charge is 0.493 e. The van der Waals surface area contributed by atoms with Gasteiger partial charge in [0.1, 0.15) is 0 Å². The Bertz CT molecular complexity index is 1950. The van der Waals surface area contributed by atoms with Gasteiger partial charge in [0, 0.05) is 16.8 Å². The highest BCUT2D eigenvalue weighted by molar-refractivity contribution is 5.92. The second-order valence-electron chi connectivity index (χ2n) is 9.80. The predicted molar refractivity (Wildman–Crippen MR) is 167 cm³/mol. The lowest BCUT2D eigenvalue weighted by Crippen LogP contribution is -2.21. The van der Waals surface area contributed by atoms with Gasteiger partial charge >= 0.3 is 6.18 Å². The molecule has 0 bridgehead atoms. The Labute approximate surface area is 256 Å². The van der Waals surface area contributed by atoms with Crippen molar-refractivity contribution >= 4 is 28.7 Å². The summed E-state index contributed by atoms with van der Waals surface area (Å²) in [6, 6.07) is 23.3. The molecule has 0 saturated carbocycles. The van der Waals surface area contributed by atoms with Crippen molar-refractivity contribution in [2.45, 2.75) is 12.6 Å². The fraction of sp³-hybridized carbons (Fsp3) is 0.118. The minimum Gasteiger partial charge on any atom is -0.493 e. The Morgan fingerprint density at radius 2 is 1.78 bits per heavy atom. The lowest BCUT2D eigenvalue weighted by atomic mass is 10.1. The Morgan fingerprint density at radius 3 is 2.51 bits per heavy atom. The number of methoxy groups -OCH3 is 1. The summed E-state index contributed by atoms with van der Waals surface area (Å²) in [7, 11) is 1.44. The maximum atomic E-state index is 13.5. The highest BCUT2D eigenvalue weighted by Crippen LogP contribution is 2.34. The van der Waals surface area contributed by atoms with Crippen molar-refractivity contribution in [3.63, 3.8) is 0 Å². The summed E-state index contributed by atoms with van der Waals surface area (Å²) in [5, 5.41) is 7.37. The number of carbonyl (C=O) groups excluding carboxylic acids is 1. The lowest BCUT2D eigenvalue weighted by Gasteiger charge is -2.16. The summed E-state index contributed by atoms with van der Waals surface area (Å²) in [6.07, 6.45) is -1.22. The molecule has 45 heavy (non-hydrogen) atoms. The molecule has 5 aromatic rings. The fourth-order valence-corrected chi connectivity index (χ4v) is 4.61. The first-order valence-corrected chi connectivity index (χ1v) is 13.7. The number of rotatable bonds is 10. The van der Waals surface area contributed by atoms with Crippen LogP contribution in [0.25, 0.3) is 22.3 Å². The Hall–Kier alpha value is -5.71. The second-order valence-corrected chi connectivity index (χ2v) is 9.80. The minimum absolute atomic E-state index is 0.0623. The van der Waals surface area contributed by atoms with Crippen LogP contribution < -0.4 is 20.3 Å². The molecule has 1 aromatic heterocycles. The zero-order valence-corrected chi connectivity index (χ0v) is 24.0. The number of allylic oxidation sites excluding steroid dienone is 1. The molecule has 0 radical (unpaired) electrons. The number of hydrogen-bond donors (Lipinski definition) is 1. The van der Waals surface area contributed by atoms with E-state index >= 15 is 0 Å². The normalized spacial score (nSPS) is 11.5. The number of amides is 1. The van der Waals surface area contributed by atoms with Gasteiger partial charge in [-0.15, -0.1) is 6.58 Å². The number of anilines is 1. The van der Waals surface area contributed by atoms with Crippen LogP contribution in [0.4, 0.5) is 18.9 Å². The van der Waals surface area contributed by atoms with E-state index in [2.05, 4.69) is 22.0 Å². The number of para-hydroxylation sites is 2. The maximum absolute atomic E-state index is 13.5. The minimum atomic E-state index is -4.59. The summed E-state index contributed by atoms with van der Waals surface area (Å²) < 4.78 is 52.9. The molecular formula is C34H27F3N4O4. The SMILES string of the molecule is C=CCc1cc(C=Nn2c(-c3cccc(C(F)(F)F)c3)nc3ccccc3c2=O)cc(OC)c1OCC(=O)Nc1ccccc1. The van der Waals surface area contributed by atoms with E-state index in [1.54, 1.807) is 66.7 Å². The van der Waals surface area contributed by atoms with Crippen molar-refractivity contribution in [1.29, 1.82) is 0 Å². The molecule has 0 saturated heterocycles. The van der Waals surface area contributed by atoms with E-state index in [0.717, 1.165) is 16.8 Å². The first-order chi connectivity index (χ1) is 21.7. The summed E-state index contributed by atoms with van der Waals surface area (Å²) >= 11 is 0. The van der Waals surface area contributed by atoms with Crippen LogP contribution in [0.15, 0.2) is 114 Å². The molecule has 0 aliphatic heterocycles. The highest BCUT2D eigenvalue weighted by atomic mass is 19.4. The van der Waals surface area contributed by atoms with Crippen LogP contribution in [0, 0.1) is 0 Å². The van der Waals surface area contributed by atoms with Crippen LogP contribution in [0.5, 0.6) is 11.5 Å². The quantitative estimate of drug-likeness (QED) is 0.140. The number of nitrogens with one attached hydrogen (secondary N) is 1. The number of nitrogens with zero attached hydrogens (tertiary/aromatic N) is 3. The van der Waals surface area contributed by atoms with Crippen LogP contribution in [0.3, 0.4) is 0 Å². The van der Waals surface area contributed by atoms with Crippen LogP contribution >= 0.6 is 0 Å².